The van der Waals surface area contributed by atoms with Gasteiger partial charge >= 0.3 is 0 Å². The molecule has 4 rings (SSSR count). The van der Waals surface area contributed by atoms with Gasteiger partial charge in [0, 0.05) is 21.9 Å². The number of anilines is 1. The zero-order valence-corrected chi connectivity index (χ0v) is 17.4. The molecule has 2 aliphatic heterocycles. The van der Waals surface area contributed by atoms with Crippen LogP contribution in [-0.2, 0) is 26.6 Å². The van der Waals surface area contributed by atoms with Crippen LogP contribution < -0.4 is 15.4 Å². The van der Waals surface area contributed by atoms with Crippen molar-refractivity contribution in [2.45, 2.75) is 15.6 Å². The molecule has 2 aliphatic rings. The van der Waals surface area contributed by atoms with E-state index in [0.29, 0.717) is 22.2 Å². The second-order valence-electron chi connectivity index (χ2n) is 6.04. The predicted molar refractivity (Wildman–Crippen MR) is 108 cm³/mol. The molecular weight excluding hydrogens is 444 g/mol. The molecule has 0 unspecified atom stereocenters. The molecule has 3 heterocycles. The number of amides is 1. The molecule has 2 aromatic rings. The van der Waals surface area contributed by atoms with Crippen molar-refractivity contribution in [1.82, 2.24) is 5.32 Å². The highest BCUT2D eigenvalue weighted by atomic mass is 32.2. The number of nitrogens with two attached hydrogens (primary N) is 1. The van der Waals surface area contributed by atoms with Crippen molar-refractivity contribution in [1.29, 1.82) is 0 Å². The molecule has 0 radical (unpaired) electrons. The normalized spacial score (nSPS) is 17.6. The number of rotatable bonds is 4. The van der Waals surface area contributed by atoms with Gasteiger partial charge in [-0.05, 0) is 42.1 Å². The number of benzene rings is 1. The first-order valence-electron chi connectivity index (χ1n) is 7.94. The molecule has 0 saturated carbocycles. The van der Waals surface area contributed by atoms with Crippen LogP contribution in [0.3, 0.4) is 0 Å². The number of thioether (sulfide) groups is 1. The zero-order valence-electron chi connectivity index (χ0n) is 14.2. The lowest BCUT2D eigenvalue weighted by atomic mass is 10.2. The maximum Gasteiger partial charge on any atom is 0.257 e. The lowest BCUT2D eigenvalue weighted by molar-refractivity contribution is 0.0951. The highest BCUT2D eigenvalue weighted by Crippen LogP contribution is 2.42. The number of nitrogens with zero attached hydrogens (tertiary/aromatic N) is 2. The van der Waals surface area contributed by atoms with Crippen molar-refractivity contribution in [3.05, 3.63) is 40.8 Å². The summed E-state index contributed by atoms with van der Waals surface area (Å²) in [6.07, 6.45) is 0. The van der Waals surface area contributed by atoms with Crippen molar-refractivity contribution >= 4 is 59.9 Å². The Labute approximate surface area is 169 Å². The molecule has 0 bridgehead atoms. The van der Waals surface area contributed by atoms with Gasteiger partial charge in [-0.15, -0.1) is 15.7 Å². The molecule has 28 heavy (non-hydrogen) atoms. The fourth-order valence-electron chi connectivity index (χ4n) is 2.75. The summed E-state index contributed by atoms with van der Waals surface area (Å²) in [5, 5.41) is 8.21. The number of nitrogens with one attached hydrogen (secondary N) is 1. The summed E-state index contributed by atoms with van der Waals surface area (Å²) in [7, 11) is -7.19. The molecule has 9 nitrogen and oxygen atoms in total. The Morgan fingerprint density at radius 2 is 2.07 bits per heavy atom. The van der Waals surface area contributed by atoms with Crippen LogP contribution in [0.1, 0.15) is 15.2 Å². The number of sulfonamides is 2. The van der Waals surface area contributed by atoms with Crippen molar-refractivity contribution < 1.29 is 21.6 Å². The first kappa shape index (κ1) is 19.4. The van der Waals surface area contributed by atoms with E-state index >= 15 is 0 Å². The Morgan fingerprint density at radius 3 is 2.79 bits per heavy atom. The summed E-state index contributed by atoms with van der Waals surface area (Å²) in [5.74, 6) is -0.367. The van der Waals surface area contributed by atoms with Gasteiger partial charge in [-0.1, -0.05) is 0 Å². The Hall–Kier alpha value is -1.93. The van der Waals surface area contributed by atoms with Crippen LogP contribution in [0, 0.1) is 0 Å². The number of carbonyl (C=O) groups excluding carboxylic acids is 1. The number of amidine groups is 1. The third kappa shape index (κ3) is 3.80. The maximum atomic E-state index is 12.4. The molecule has 0 saturated heterocycles. The summed E-state index contributed by atoms with van der Waals surface area (Å²) in [6, 6.07) is 8.11. The van der Waals surface area contributed by atoms with Gasteiger partial charge in [-0.3, -0.25) is 4.79 Å². The number of hydrogen-bond acceptors (Lipinski definition) is 8. The largest absolute Gasteiger partial charge is 0.347 e. The first-order valence-corrected chi connectivity index (χ1v) is 12.7. The minimum absolute atomic E-state index is 0.0399. The number of carbonyl (C=O) groups is 1. The number of thiophene rings is 1. The summed E-state index contributed by atoms with van der Waals surface area (Å²) in [6.45, 7) is 0.498. The second kappa shape index (κ2) is 6.84. The van der Waals surface area contributed by atoms with E-state index in [2.05, 4.69) is 9.71 Å². The van der Waals surface area contributed by atoms with Crippen LogP contribution in [0.5, 0.6) is 0 Å². The van der Waals surface area contributed by atoms with E-state index in [1.165, 1.54) is 17.8 Å². The van der Waals surface area contributed by atoms with Crippen LogP contribution in [0.25, 0.3) is 0 Å². The molecule has 1 aromatic heterocycles. The van der Waals surface area contributed by atoms with Crippen LogP contribution in [-0.4, -0.2) is 40.2 Å². The molecule has 0 aliphatic carbocycles. The van der Waals surface area contributed by atoms with Crippen molar-refractivity contribution in [3.8, 4) is 0 Å². The van der Waals surface area contributed by atoms with E-state index < -0.39 is 20.0 Å². The van der Waals surface area contributed by atoms with E-state index in [1.807, 2.05) is 4.90 Å². The van der Waals surface area contributed by atoms with Gasteiger partial charge in [-0.2, -0.15) is 0 Å². The molecular formula is C15H14N4O5S4. The van der Waals surface area contributed by atoms with Crippen molar-refractivity contribution in [3.63, 3.8) is 0 Å². The van der Waals surface area contributed by atoms with Crippen LogP contribution in [0.4, 0.5) is 5.69 Å². The Bertz CT molecular complexity index is 1220. The summed E-state index contributed by atoms with van der Waals surface area (Å²) < 4.78 is 49.8. The maximum absolute atomic E-state index is 12.4. The lowest BCUT2D eigenvalue weighted by Crippen LogP contribution is -2.35. The van der Waals surface area contributed by atoms with E-state index in [9.17, 15) is 21.6 Å². The third-order valence-corrected chi connectivity index (χ3v) is 8.91. The number of primary sulfonamides is 1. The van der Waals surface area contributed by atoms with E-state index in [4.69, 9.17) is 5.14 Å². The number of fused-ring (bicyclic) bond motifs is 3. The minimum atomic E-state index is -3.75. The summed E-state index contributed by atoms with van der Waals surface area (Å²) in [4.78, 5) is 15.7. The van der Waals surface area contributed by atoms with E-state index in [1.54, 1.807) is 24.3 Å². The van der Waals surface area contributed by atoms with Crippen LogP contribution in [0.15, 0.2) is 43.8 Å². The fourth-order valence-corrected chi connectivity index (χ4v) is 6.76. The average molecular weight is 459 g/mol. The molecule has 0 atom stereocenters. The highest BCUT2D eigenvalue weighted by Gasteiger charge is 2.33. The standard InChI is InChI=1S/C15H14N4O5S4/c16-28(23,24)13-4-2-10(25-13)8-17-14(20)9-1-3-11-12(7-9)26-15-18-27(21,22)6-5-19(11)15/h1-4,7H,5-6,8H2,(H,17,20)(H2,16,23,24). The second-order valence-corrected chi connectivity index (χ2v) is 11.8. The van der Waals surface area contributed by atoms with E-state index in [0.717, 1.165) is 21.9 Å². The Kier molecular flexibility index (Phi) is 4.74. The van der Waals surface area contributed by atoms with Crippen LogP contribution in [0.2, 0.25) is 0 Å². The predicted octanol–water partition coefficient (Wildman–Crippen LogP) is 0.937. The van der Waals surface area contributed by atoms with Crippen LogP contribution >= 0.6 is 23.1 Å². The fraction of sp³-hybridized carbons (Fsp3) is 0.200. The molecule has 1 aromatic carbocycles. The number of hydrogen-bond donors (Lipinski definition) is 2. The van der Waals surface area contributed by atoms with Gasteiger partial charge < -0.3 is 10.2 Å². The molecule has 148 valence electrons. The van der Waals surface area contributed by atoms with E-state index in [-0.39, 0.29) is 22.4 Å². The molecule has 13 heteroatoms. The van der Waals surface area contributed by atoms with Gasteiger partial charge in [0.25, 0.3) is 15.9 Å². The molecule has 0 spiro atoms. The molecule has 3 N–H and O–H groups in total. The van der Waals surface area contributed by atoms with Gasteiger partial charge in [0.05, 0.1) is 18.0 Å². The Morgan fingerprint density at radius 1 is 1.29 bits per heavy atom. The quantitative estimate of drug-likeness (QED) is 0.695. The molecule has 1 amide bonds. The summed E-state index contributed by atoms with van der Waals surface area (Å²) in [5.41, 5.74) is 1.24. The zero-order chi connectivity index (χ0) is 20.1. The topological polar surface area (TPSA) is 139 Å². The third-order valence-electron chi connectivity index (χ3n) is 4.08. The summed E-state index contributed by atoms with van der Waals surface area (Å²) >= 11 is 2.21. The van der Waals surface area contributed by atoms with Gasteiger partial charge in [-0.25, -0.2) is 22.0 Å². The first-order chi connectivity index (χ1) is 13.1. The Balaban J connectivity index is 1.48. The monoisotopic (exact) mass is 458 g/mol. The highest BCUT2D eigenvalue weighted by molar-refractivity contribution is 8.15. The average Bonchev–Trinajstić information content (AvgIpc) is 3.21. The molecule has 0 fully saturated rings. The smallest absolute Gasteiger partial charge is 0.257 e. The van der Waals surface area contributed by atoms with Crippen molar-refractivity contribution in [2.24, 2.45) is 9.54 Å². The van der Waals surface area contributed by atoms with Gasteiger partial charge in [0.15, 0.2) is 5.17 Å². The van der Waals surface area contributed by atoms with Gasteiger partial charge in [0.1, 0.15) is 4.21 Å². The van der Waals surface area contributed by atoms with Crippen molar-refractivity contribution in [2.75, 3.05) is 17.2 Å². The lowest BCUT2D eigenvalue weighted by Gasteiger charge is -2.22. The van der Waals surface area contributed by atoms with Gasteiger partial charge in [0.2, 0.25) is 10.0 Å². The SMILES string of the molecule is NS(=O)(=O)c1ccc(CNC(=O)c2ccc3c(c2)SC2=NS(=O)(=O)CCN23)s1. The minimum Gasteiger partial charge on any atom is -0.347 e.